The standard InChI is InChI=1S/C12H13FO4/c1-7(12(14)15)6-8-9(13)2-3-10-11(8)17-5-4-16-10/h2-3,7H,4-6H2,1H3,(H,14,15). The van der Waals surface area contributed by atoms with Crippen LogP contribution in [0, 0.1) is 11.7 Å². The fourth-order valence-electron chi connectivity index (χ4n) is 1.73. The quantitative estimate of drug-likeness (QED) is 0.876. The number of fused-ring (bicyclic) bond motifs is 1. The molecular weight excluding hydrogens is 227 g/mol. The molecule has 0 bridgehead atoms. The van der Waals surface area contributed by atoms with Crippen molar-refractivity contribution in [3.63, 3.8) is 0 Å². The number of halogens is 1. The maximum Gasteiger partial charge on any atom is 0.306 e. The van der Waals surface area contributed by atoms with Gasteiger partial charge in [-0.3, -0.25) is 4.79 Å². The number of carbonyl (C=O) groups is 1. The van der Waals surface area contributed by atoms with E-state index in [1.165, 1.54) is 19.1 Å². The van der Waals surface area contributed by atoms with E-state index >= 15 is 0 Å². The number of carboxylic acids is 1. The molecule has 1 aromatic rings. The monoisotopic (exact) mass is 240 g/mol. The largest absolute Gasteiger partial charge is 0.486 e. The fourth-order valence-corrected chi connectivity index (χ4v) is 1.73. The molecule has 0 saturated carbocycles. The molecule has 5 heteroatoms. The van der Waals surface area contributed by atoms with Gasteiger partial charge in [-0.25, -0.2) is 4.39 Å². The Bertz CT molecular complexity index is 444. The van der Waals surface area contributed by atoms with Gasteiger partial charge in [0.1, 0.15) is 19.0 Å². The van der Waals surface area contributed by atoms with E-state index in [0.717, 1.165) is 0 Å². The van der Waals surface area contributed by atoms with Crippen LogP contribution in [0.4, 0.5) is 4.39 Å². The molecule has 0 fully saturated rings. The minimum atomic E-state index is -0.960. The summed E-state index contributed by atoms with van der Waals surface area (Å²) in [5.74, 6) is -1.27. The van der Waals surface area contributed by atoms with Crippen LogP contribution in [0.3, 0.4) is 0 Å². The Morgan fingerprint density at radius 1 is 1.47 bits per heavy atom. The molecule has 92 valence electrons. The van der Waals surface area contributed by atoms with Gasteiger partial charge < -0.3 is 14.6 Å². The summed E-state index contributed by atoms with van der Waals surface area (Å²) in [5.41, 5.74) is 0.275. The summed E-state index contributed by atoms with van der Waals surface area (Å²) in [6, 6.07) is 2.77. The molecule has 1 aliphatic rings. The van der Waals surface area contributed by atoms with Crippen molar-refractivity contribution in [3.8, 4) is 11.5 Å². The van der Waals surface area contributed by atoms with Crippen LogP contribution in [0.25, 0.3) is 0 Å². The van der Waals surface area contributed by atoms with E-state index in [4.69, 9.17) is 14.6 Å². The number of ether oxygens (including phenoxy) is 2. The summed E-state index contributed by atoms with van der Waals surface area (Å²) < 4.78 is 24.4. The lowest BCUT2D eigenvalue weighted by molar-refractivity contribution is -0.141. The van der Waals surface area contributed by atoms with Crippen molar-refractivity contribution >= 4 is 5.97 Å². The average Bonchev–Trinajstić information content (AvgIpc) is 2.32. The van der Waals surface area contributed by atoms with Gasteiger partial charge in [-0.2, -0.15) is 0 Å². The first-order chi connectivity index (χ1) is 8.09. The molecule has 0 amide bonds. The van der Waals surface area contributed by atoms with Crippen LogP contribution < -0.4 is 9.47 Å². The SMILES string of the molecule is CC(Cc1c(F)ccc2c1OCCO2)C(=O)O. The summed E-state index contributed by atoms with van der Waals surface area (Å²) in [5, 5.41) is 8.84. The summed E-state index contributed by atoms with van der Waals surface area (Å²) in [4.78, 5) is 10.8. The average molecular weight is 240 g/mol. The van der Waals surface area contributed by atoms with Crippen molar-refractivity contribution in [1.29, 1.82) is 0 Å². The number of carboxylic acid groups (broad SMARTS) is 1. The second kappa shape index (κ2) is 4.61. The van der Waals surface area contributed by atoms with Crippen LogP contribution in [0.5, 0.6) is 11.5 Å². The smallest absolute Gasteiger partial charge is 0.306 e. The predicted octanol–water partition coefficient (Wildman–Crippen LogP) is 1.86. The molecule has 4 nitrogen and oxygen atoms in total. The zero-order valence-electron chi connectivity index (χ0n) is 9.40. The van der Waals surface area contributed by atoms with Crippen molar-refractivity contribution in [2.75, 3.05) is 13.2 Å². The van der Waals surface area contributed by atoms with E-state index in [1.54, 1.807) is 0 Å². The van der Waals surface area contributed by atoms with Crippen LogP contribution in [0.1, 0.15) is 12.5 Å². The van der Waals surface area contributed by atoms with Gasteiger partial charge in [0.25, 0.3) is 0 Å². The highest BCUT2D eigenvalue weighted by Crippen LogP contribution is 2.36. The van der Waals surface area contributed by atoms with Crippen LogP contribution in [-0.2, 0) is 11.2 Å². The number of hydrogen-bond donors (Lipinski definition) is 1. The first-order valence-electron chi connectivity index (χ1n) is 5.39. The van der Waals surface area contributed by atoms with E-state index in [2.05, 4.69) is 0 Å². The highest BCUT2D eigenvalue weighted by atomic mass is 19.1. The topological polar surface area (TPSA) is 55.8 Å². The van der Waals surface area contributed by atoms with Crippen LogP contribution in [0.15, 0.2) is 12.1 Å². The summed E-state index contributed by atoms with van der Waals surface area (Å²) in [6.45, 7) is 2.31. The zero-order valence-corrected chi connectivity index (χ0v) is 9.40. The van der Waals surface area contributed by atoms with E-state index in [1.807, 2.05) is 0 Å². The Kier molecular flexibility index (Phi) is 3.17. The summed E-state index contributed by atoms with van der Waals surface area (Å²) in [7, 11) is 0. The molecule has 0 radical (unpaired) electrons. The van der Waals surface area contributed by atoms with Crippen LogP contribution in [0.2, 0.25) is 0 Å². The van der Waals surface area contributed by atoms with Gasteiger partial charge in [0.05, 0.1) is 5.92 Å². The lowest BCUT2D eigenvalue weighted by Crippen LogP contribution is -2.19. The van der Waals surface area contributed by atoms with Gasteiger partial charge in [0.15, 0.2) is 11.5 Å². The molecule has 1 heterocycles. The van der Waals surface area contributed by atoms with Gasteiger partial charge in [-0.05, 0) is 18.6 Å². The van der Waals surface area contributed by atoms with E-state index in [0.29, 0.717) is 24.7 Å². The Morgan fingerprint density at radius 2 is 2.18 bits per heavy atom. The second-order valence-electron chi connectivity index (χ2n) is 3.99. The molecule has 0 aliphatic carbocycles. The molecule has 2 rings (SSSR count). The Hall–Kier alpha value is -1.78. The number of rotatable bonds is 3. The third-order valence-corrected chi connectivity index (χ3v) is 2.69. The predicted molar refractivity (Wildman–Crippen MR) is 57.9 cm³/mol. The maximum atomic E-state index is 13.7. The van der Waals surface area contributed by atoms with Crippen molar-refractivity contribution in [1.82, 2.24) is 0 Å². The molecule has 17 heavy (non-hydrogen) atoms. The molecular formula is C12H13FO4. The van der Waals surface area contributed by atoms with Gasteiger partial charge in [-0.1, -0.05) is 6.92 Å². The normalized spacial score (nSPS) is 15.4. The Labute approximate surface area is 98.0 Å². The first kappa shape index (κ1) is 11.7. The maximum absolute atomic E-state index is 13.7. The molecule has 1 aliphatic heterocycles. The fraction of sp³-hybridized carbons (Fsp3) is 0.417. The van der Waals surface area contributed by atoms with Gasteiger partial charge in [0.2, 0.25) is 0 Å². The minimum absolute atomic E-state index is 0.0910. The summed E-state index contributed by atoms with van der Waals surface area (Å²) >= 11 is 0. The van der Waals surface area contributed by atoms with Gasteiger partial charge in [0, 0.05) is 5.56 Å². The third kappa shape index (κ3) is 2.33. The van der Waals surface area contributed by atoms with Gasteiger partial charge in [-0.15, -0.1) is 0 Å². The van der Waals surface area contributed by atoms with E-state index in [9.17, 15) is 9.18 Å². The number of benzene rings is 1. The molecule has 1 N–H and O–H groups in total. The number of hydrogen-bond acceptors (Lipinski definition) is 3. The second-order valence-corrected chi connectivity index (χ2v) is 3.99. The molecule has 0 saturated heterocycles. The highest BCUT2D eigenvalue weighted by Gasteiger charge is 2.23. The molecule has 1 unspecified atom stereocenters. The molecule has 1 aromatic carbocycles. The van der Waals surface area contributed by atoms with Crippen molar-refractivity contribution < 1.29 is 23.8 Å². The van der Waals surface area contributed by atoms with Crippen LogP contribution in [-0.4, -0.2) is 24.3 Å². The Morgan fingerprint density at radius 3 is 2.88 bits per heavy atom. The molecule has 0 spiro atoms. The Balaban J connectivity index is 2.34. The lowest BCUT2D eigenvalue weighted by atomic mass is 9.99. The molecule has 1 atom stereocenters. The minimum Gasteiger partial charge on any atom is -0.486 e. The lowest BCUT2D eigenvalue weighted by Gasteiger charge is -2.22. The first-order valence-corrected chi connectivity index (χ1v) is 5.39. The van der Waals surface area contributed by atoms with E-state index < -0.39 is 17.7 Å². The van der Waals surface area contributed by atoms with Gasteiger partial charge >= 0.3 is 5.97 Å². The van der Waals surface area contributed by atoms with Crippen molar-refractivity contribution in [3.05, 3.63) is 23.5 Å². The molecule has 0 aromatic heterocycles. The third-order valence-electron chi connectivity index (χ3n) is 2.69. The zero-order chi connectivity index (χ0) is 12.4. The van der Waals surface area contributed by atoms with Crippen LogP contribution >= 0.6 is 0 Å². The summed E-state index contributed by atoms with van der Waals surface area (Å²) in [6.07, 6.45) is 0.0910. The van der Waals surface area contributed by atoms with Crippen molar-refractivity contribution in [2.24, 2.45) is 5.92 Å². The van der Waals surface area contributed by atoms with E-state index in [-0.39, 0.29) is 12.0 Å². The highest BCUT2D eigenvalue weighted by molar-refractivity contribution is 5.70. The van der Waals surface area contributed by atoms with Crippen molar-refractivity contribution in [2.45, 2.75) is 13.3 Å². The number of aliphatic carboxylic acids is 1.